The molecule has 0 spiro atoms. The van der Waals surface area contributed by atoms with Crippen molar-refractivity contribution in [1.29, 1.82) is 0 Å². The summed E-state index contributed by atoms with van der Waals surface area (Å²) in [7, 11) is 3.84. The zero-order valence-corrected chi connectivity index (χ0v) is 23.9. The lowest BCUT2D eigenvalue weighted by Gasteiger charge is -2.27. The molecule has 0 saturated carbocycles. The summed E-state index contributed by atoms with van der Waals surface area (Å²) in [6, 6.07) is 10.5. The molecule has 200 valence electrons. The summed E-state index contributed by atoms with van der Waals surface area (Å²) in [4.78, 5) is 28.9. The Morgan fingerprint density at radius 2 is 1.47 bits per heavy atom. The number of carbonyl (C=O) groups excluding carboxylic acids is 1. The first-order valence-electron chi connectivity index (χ1n) is 13.5. The van der Waals surface area contributed by atoms with Crippen LogP contribution < -0.4 is 20.0 Å². The van der Waals surface area contributed by atoms with Gasteiger partial charge in [0.05, 0.1) is 0 Å². The average Bonchev–Trinajstić information content (AvgIpc) is 2.87. The zero-order chi connectivity index (χ0) is 26.3. The number of nitrogens with zero attached hydrogens (tertiary/aromatic N) is 5. The maximum Gasteiger partial charge on any atom is 0.227 e. The van der Waals surface area contributed by atoms with Crippen LogP contribution in [0.1, 0.15) is 72.1 Å². The van der Waals surface area contributed by atoms with Gasteiger partial charge in [0.2, 0.25) is 11.9 Å². The second-order valence-electron chi connectivity index (χ2n) is 9.46. The Morgan fingerprint density at radius 1 is 0.833 bits per heavy atom. The molecule has 0 fully saturated rings. The zero-order valence-electron chi connectivity index (χ0n) is 23.0. The molecule has 0 aliphatic carbocycles. The number of carbonyl (C=O) groups is 1. The number of unbranched alkanes of at least 4 members (excludes halogenated alkanes) is 3. The van der Waals surface area contributed by atoms with Crippen molar-refractivity contribution in [3.8, 4) is 0 Å². The molecule has 0 aliphatic rings. The van der Waals surface area contributed by atoms with Crippen LogP contribution in [0.15, 0.2) is 35.4 Å². The van der Waals surface area contributed by atoms with Crippen LogP contribution in [0.4, 0.5) is 23.1 Å². The predicted octanol–water partition coefficient (Wildman–Crippen LogP) is 6.26. The van der Waals surface area contributed by atoms with Gasteiger partial charge in [-0.05, 0) is 44.2 Å². The fraction of sp³-hybridized carbons (Fsp3) is 0.607. The lowest BCUT2D eigenvalue weighted by atomic mass is 10.2. The third kappa shape index (κ3) is 9.52. The largest absolute Gasteiger partial charge is 0.372 e. The van der Waals surface area contributed by atoms with Crippen LogP contribution in [-0.2, 0) is 4.79 Å². The highest BCUT2D eigenvalue weighted by molar-refractivity contribution is 7.80. The number of nitrogens with one attached hydrogen (secondary N) is 1. The number of amides is 1. The van der Waals surface area contributed by atoms with E-state index in [0.29, 0.717) is 23.1 Å². The quantitative estimate of drug-likeness (QED) is 0.147. The van der Waals surface area contributed by atoms with Crippen molar-refractivity contribution in [2.45, 2.75) is 77.2 Å². The first kappa shape index (κ1) is 29.7. The third-order valence-corrected chi connectivity index (χ3v) is 6.41. The lowest BCUT2D eigenvalue weighted by Crippen LogP contribution is -2.29. The summed E-state index contributed by atoms with van der Waals surface area (Å²) in [5, 5.41) is 3.62. The molecule has 0 saturated heterocycles. The molecule has 0 bridgehead atoms. The summed E-state index contributed by atoms with van der Waals surface area (Å²) >= 11 is 4.66. The van der Waals surface area contributed by atoms with Gasteiger partial charge in [0.15, 0.2) is 5.82 Å². The van der Waals surface area contributed by atoms with Crippen LogP contribution in [0.5, 0.6) is 0 Å². The average molecular weight is 515 g/mol. The van der Waals surface area contributed by atoms with Gasteiger partial charge in [0, 0.05) is 52.4 Å². The molecular weight excluding hydrogens is 468 g/mol. The van der Waals surface area contributed by atoms with Gasteiger partial charge < -0.3 is 20.0 Å². The summed E-state index contributed by atoms with van der Waals surface area (Å²) in [6.45, 7) is 10.3. The standard InChI is InChI=1S/C28H46N6OS/c1-6-9-20-34(21-10-7-2)26-25(27(36)31-28(30-26)32(4)5)29-24(35)18-14-15-22-33(19-8-3)23-16-12-11-13-17-23/h11-13,16-17H,6-10,14-15,18-22H2,1-5H3,(H,29,35)(H,30,31,36). The maximum atomic E-state index is 13.0. The Bertz CT molecular complexity index is 900. The summed E-state index contributed by atoms with van der Waals surface area (Å²) in [5.41, 5.74) is 1.86. The van der Waals surface area contributed by atoms with E-state index in [4.69, 9.17) is 4.98 Å². The molecule has 1 heterocycles. The molecule has 7 nitrogen and oxygen atoms in total. The normalized spacial score (nSPS) is 10.8. The van der Waals surface area contributed by atoms with Crippen LogP contribution in [0.2, 0.25) is 0 Å². The number of rotatable bonds is 17. The number of para-hydroxylation sites is 1. The third-order valence-electron chi connectivity index (χ3n) is 6.08. The van der Waals surface area contributed by atoms with Gasteiger partial charge >= 0.3 is 0 Å². The molecule has 2 aromatic rings. The van der Waals surface area contributed by atoms with E-state index in [9.17, 15) is 4.79 Å². The highest BCUT2D eigenvalue weighted by Gasteiger charge is 2.20. The van der Waals surface area contributed by atoms with E-state index < -0.39 is 0 Å². The van der Waals surface area contributed by atoms with Crippen molar-refractivity contribution in [3.05, 3.63) is 30.3 Å². The highest BCUT2D eigenvalue weighted by atomic mass is 32.1. The molecular formula is C28H46N6OS. The summed E-state index contributed by atoms with van der Waals surface area (Å²) in [6.07, 6.45) is 7.66. The fourth-order valence-corrected chi connectivity index (χ4v) is 4.30. The van der Waals surface area contributed by atoms with Crippen molar-refractivity contribution < 1.29 is 4.79 Å². The van der Waals surface area contributed by atoms with Crippen molar-refractivity contribution in [3.63, 3.8) is 0 Å². The Hall–Kier alpha value is -2.48. The molecule has 0 aliphatic heterocycles. The second kappa shape index (κ2) is 16.3. The van der Waals surface area contributed by atoms with Gasteiger partial charge in [-0.15, -0.1) is 12.6 Å². The van der Waals surface area contributed by atoms with E-state index in [1.54, 1.807) is 0 Å². The molecule has 36 heavy (non-hydrogen) atoms. The van der Waals surface area contributed by atoms with Crippen LogP contribution >= 0.6 is 12.6 Å². The second-order valence-corrected chi connectivity index (χ2v) is 9.89. The van der Waals surface area contributed by atoms with Crippen molar-refractivity contribution >= 4 is 41.7 Å². The molecule has 0 unspecified atom stereocenters. The van der Waals surface area contributed by atoms with Crippen LogP contribution in [-0.4, -0.2) is 56.1 Å². The minimum Gasteiger partial charge on any atom is -0.372 e. The maximum absolute atomic E-state index is 13.0. The highest BCUT2D eigenvalue weighted by Crippen LogP contribution is 2.32. The van der Waals surface area contributed by atoms with E-state index in [1.165, 1.54) is 5.69 Å². The van der Waals surface area contributed by atoms with Gasteiger partial charge in [0.25, 0.3) is 0 Å². The fourth-order valence-electron chi connectivity index (χ4n) is 4.06. The Labute approximate surface area is 224 Å². The van der Waals surface area contributed by atoms with Gasteiger partial charge in [-0.2, -0.15) is 4.98 Å². The van der Waals surface area contributed by atoms with Crippen LogP contribution in [0.25, 0.3) is 0 Å². The van der Waals surface area contributed by atoms with Gasteiger partial charge in [0.1, 0.15) is 10.7 Å². The first-order chi connectivity index (χ1) is 17.4. The predicted molar refractivity (Wildman–Crippen MR) is 157 cm³/mol. The number of hydrogen-bond acceptors (Lipinski definition) is 7. The number of thiol groups is 1. The Kier molecular flexibility index (Phi) is 13.5. The van der Waals surface area contributed by atoms with Gasteiger partial charge in [-0.3, -0.25) is 4.79 Å². The molecule has 1 aromatic carbocycles. The summed E-state index contributed by atoms with van der Waals surface area (Å²) in [5.74, 6) is 1.36. The van der Waals surface area contributed by atoms with Crippen molar-refractivity contribution in [2.24, 2.45) is 0 Å². The molecule has 0 atom stereocenters. The van der Waals surface area contributed by atoms with Gasteiger partial charge in [-0.25, -0.2) is 4.98 Å². The summed E-state index contributed by atoms with van der Waals surface area (Å²) < 4.78 is 0. The van der Waals surface area contributed by atoms with E-state index >= 15 is 0 Å². The first-order valence-corrected chi connectivity index (χ1v) is 14.0. The van der Waals surface area contributed by atoms with Crippen molar-refractivity contribution in [1.82, 2.24) is 9.97 Å². The number of anilines is 4. The molecule has 8 heteroatoms. The van der Waals surface area contributed by atoms with E-state index in [0.717, 1.165) is 76.9 Å². The van der Waals surface area contributed by atoms with Crippen LogP contribution in [0, 0.1) is 0 Å². The topological polar surface area (TPSA) is 64.6 Å². The SMILES string of the molecule is CCCCN(CCCC)c1nc(N(C)C)nc(S)c1NC(=O)CCCCN(CCC)c1ccccc1. The minimum absolute atomic E-state index is 0.0135. The molecule has 1 amide bonds. The number of aromatic nitrogens is 2. The number of hydrogen-bond donors (Lipinski definition) is 2. The molecule has 0 radical (unpaired) electrons. The van der Waals surface area contributed by atoms with Gasteiger partial charge in [-0.1, -0.05) is 51.8 Å². The van der Waals surface area contributed by atoms with E-state index in [-0.39, 0.29) is 5.91 Å². The molecule has 1 N–H and O–H groups in total. The van der Waals surface area contributed by atoms with E-state index in [2.05, 4.69) is 77.8 Å². The smallest absolute Gasteiger partial charge is 0.227 e. The van der Waals surface area contributed by atoms with E-state index in [1.807, 2.05) is 25.1 Å². The molecule has 2 rings (SSSR count). The monoisotopic (exact) mass is 514 g/mol. The Morgan fingerprint density at radius 3 is 2.06 bits per heavy atom. The minimum atomic E-state index is -0.0135. The molecule has 1 aromatic heterocycles. The Balaban J connectivity index is 2.08. The lowest BCUT2D eigenvalue weighted by molar-refractivity contribution is -0.116. The number of benzene rings is 1. The van der Waals surface area contributed by atoms with Crippen molar-refractivity contribution in [2.75, 3.05) is 60.3 Å². The van der Waals surface area contributed by atoms with Crippen LogP contribution in [0.3, 0.4) is 0 Å².